The number of carbonyl (C=O) groups excluding carboxylic acids is 2. The van der Waals surface area contributed by atoms with E-state index in [1.807, 2.05) is 32.0 Å². The number of benzene rings is 2. The predicted molar refractivity (Wildman–Crippen MR) is 103 cm³/mol. The Hall–Kier alpha value is -2.79. The Morgan fingerprint density at radius 1 is 1.08 bits per heavy atom. The highest BCUT2D eigenvalue weighted by Gasteiger charge is 2.31. The highest BCUT2D eigenvalue weighted by atomic mass is 35.5. The SMILES string of the molecule is CC1=C(C(=O)Nc2ccc(C)cc2C)[C@@H](c2ccc(Cl)cc2)NC(=O)N1. The molecule has 0 spiro atoms. The molecule has 3 rings (SSSR count). The van der Waals surface area contributed by atoms with E-state index in [9.17, 15) is 9.59 Å². The Morgan fingerprint density at radius 2 is 1.77 bits per heavy atom. The normalized spacial score (nSPS) is 16.8. The summed E-state index contributed by atoms with van der Waals surface area (Å²) in [6.07, 6.45) is 0. The van der Waals surface area contributed by atoms with E-state index in [1.54, 1.807) is 31.2 Å². The standard InChI is InChI=1S/C20H20ClN3O2/c1-11-4-9-16(12(2)10-11)23-19(25)17-13(3)22-20(26)24-18(17)14-5-7-15(21)8-6-14/h4-10,18H,1-3H3,(H,23,25)(H2,22,24,26)/t18-/m1/s1. The maximum atomic E-state index is 13.0. The number of nitrogens with one attached hydrogen (secondary N) is 3. The third kappa shape index (κ3) is 3.73. The van der Waals surface area contributed by atoms with Crippen molar-refractivity contribution in [1.82, 2.24) is 10.6 Å². The summed E-state index contributed by atoms with van der Waals surface area (Å²) in [4.78, 5) is 24.9. The van der Waals surface area contributed by atoms with Gasteiger partial charge in [0.25, 0.3) is 5.91 Å². The van der Waals surface area contributed by atoms with Crippen LogP contribution in [0.15, 0.2) is 53.7 Å². The quantitative estimate of drug-likeness (QED) is 0.757. The van der Waals surface area contributed by atoms with Gasteiger partial charge in [0, 0.05) is 16.4 Å². The molecule has 2 aromatic carbocycles. The fourth-order valence-electron chi connectivity index (χ4n) is 3.04. The van der Waals surface area contributed by atoms with E-state index in [4.69, 9.17) is 11.6 Å². The number of carbonyl (C=O) groups is 2. The second-order valence-corrected chi connectivity index (χ2v) is 6.83. The van der Waals surface area contributed by atoms with Crippen LogP contribution >= 0.6 is 11.6 Å². The van der Waals surface area contributed by atoms with E-state index in [0.717, 1.165) is 22.4 Å². The first kappa shape index (κ1) is 18.0. The fraction of sp³-hybridized carbons (Fsp3) is 0.200. The molecule has 3 N–H and O–H groups in total. The first-order chi connectivity index (χ1) is 12.3. The van der Waals surface area contributed by atoms with Crippen molar-refractivity contribution in [2.24, 2.45) is 0 Å². The molecule has 3 amide bonds. The second-order valence-electron chi connectivity index (χ2n) is 6.39. The van der Waals surface area contributed by atoms with Crippen LogP contribution in [-0.4, -0.2) is 11.9 Å². The van der Waals surface area contributed by atoms with Crippen LogP contribution in [0.3, 0.4) is 0 Å². The highest BCUT2D eigenvalue weighted by Crippen LogP contribution is 2.29. The van der Waals surface area contributed by atoms with Crippen molar-refractivity contribution < 1.29 is 9.59 Å². The molecule has 1 heterocycles. The number of rotatable bonds is 3. The van der Waals surface area contributed by atoms with Gasteiger partial charge in [-0.15, -0.1) is 0 Å². The van der Waals surface area contributed by atoms with Crippen molar-refractivity contribution in [2.45, 2.75) is 26.8 Å². The first-order valence-electron chi connectivity index (χ1n) is 8.27. The van der Waals surface area contributed by atoms with Gasteiger partial charge in [0.2, 0.25) is 0 Å². The molecule has 0 aromatic heterocycles. The summed E-state index contributed by atoms with van der Waals surface area (Å²) in [5.41, 5.74) is 4.62. The topological polar surface area (TPSA) is 70.2 Å². The van der Waals surface area contributed by atoms with Crippen LogP contribution in [-0.2, 0) is 4.79 Å². The van der Waals surface area contributed by atoms with Crippen LogP contribution in [0.1, 0.15) is 29.7 Å². The molecule has 6 heteroatoms. The molecule has 0 bridgehead atoms. The molecule has 0 saturated carbocycles. The van der Waals surface area contributed by atoms with Gasteiger partial charge in [0.05, 0.1) is 11.6 Å². The number of hydrogen-bond donors (Lipinski definition) is 3. The van der Waals surface area contributed by atoms with Crippen LogP contribution < -0.4 is 16.0 Å². The molecule has 1 aliphatic heterocycles. The molecule has 1 atom stereocenters. The summed E-state index contributed by atoms with van der Waals surface area (Å²) in [5, 5.41) is 9.03. The Morgan fingerprint density at radius 3 is 2.42 bits per heavy atom. The molecular formula is C20H20ClN3O2. The van der Waals surface area contributed by atoms with Gasteiger partial charge >= 0.3 is 6.03 Å². The summed E-state index contributed by atoms with van der Waals surface area (Å²) in [7, 11) is 0. The van der Waals surface area contributed by atoms with Gasteiger partial charge in [-0.3, -0.25) is 4.79 Å². The Balaban J connectivity index is 1.95. The van der Waals surface area contributed by atoms with E-state index in [-0.39, 0.29) is 11.9 Å². The molecule has 0 radical (unpaired) electrons. The molecule has 26 heavy (non-hydrogen) atoms. The Kier molecular flexibility index (Phi) is 5.00. The zero-order chi connectivity index (χ0) is 18.8. The summed E-state index contributed by atoms with van der Waals surface area (Å²) in [6.45, 7) is 5.67. The van der Waals surface area contributed by atoms with Crippen molar-refractivity contribution in [2.75, 3.05) is 5.32 Å². The minimum atomic E-state index is -0.549. The van der Waals surface area contributed by atoms with Crippen molar-refractivity contribution in [3.8, 4) is 0 Å². The maximum Gasteiger partial charge on any atom is 0.319 e. The van der Waals surface area contributed by atoms with Crippen LogP contribution in [0.5, 0.6) is 0 Å². The van der Waals surface area contributed by atoms with Gasteiger partial charge in [0.15, 0.2) is 0 Å². The highest BCUT2D eigenvalue weighted by molar-refractivity contribution is 6.30. The zero-order valence-corrected chi connectivity index (χ0v) is 15.6. The molecule has 134 valence electrons. The number of anilines is 1. The monoisotopic (exact) mass is 369 g/mol. The second kappa shape index (κ2) is 7.22. The molecule has 0 saturated heterocycles. The number of urea groups is 1. The van der Waals surface area contributed by atoms with E-state index in [0.29, 0.717) is 16.3 Å². The molecule has 0 aliphatic carbocycles. The first-order valence-corrected chi connectivity index (χ1v) is 8.65. The van der Waals surface area contributed by atoms with Gasteiger partial charge in [0.1, 0.15) is 0 Å². The van der Waals surface area contributed by atoms with Crippen LogP contribution in [0.4, 0.5) is 10.5 Å². The van der Waals surface area contributed by atoms with Gasteiger partial charge in [-0.05, 0) is 50.1 Å². The molecule has 0 unspecified atom stereocenters. The third-order valence-electron chi connectivity index (χ3n) is 4.35. The molecule has 2 aromatic rings. The van der Waals surface area contributed by atoms with Gasteiger partial charge < -0.3 is 16.0 Å². The number of amides is 3. The summed E-state index contributed by atoms with van der Waals surface area (Å²) >= 11 is 5.95. The van der Waals surface area contributed by atoms with Crippen LogP contribution in [0, 0.1) is 13.8 Å². The third-order valence-corrected chi connectivity index (χ3v) is 4.60. The minimum absolute atomic E-state index is 0.262. The lowest BCUT2D eigenvalue weighted by Crippen LogP contribution is -2.46. The number of halogens is 1. The van der Waals surface area contributed by atoms with Crippen molar-refractivity contribution in [3.63, 3.8) is 0 Å². The van der Waals surface area contributed by atoms with Gasteiger partial charge in [-0.1, -0.05) is 41.4 Å². The largest absolute Gasteiger partial charge is 0.327 e. The summed E-state index contributed by atoms with van der Waals surface area (Å²) in [6, 6.07) is 12.0. The van der Waals surface area contributed by atoms with E-state index in [2.05, 4.69) is 16.0 Å². The van der Waals surface area contributed by atoms with Crippen LogP contribution in [0.2, 0.25) is 5.02 Å². The lowest BCUT2D eigenvalue weighted by atomic mass is 9.94. The van der Waals surface area contributed by atoms with E-state index in [1.165, 1.54) is 0 Å². The molecule has 0 fully saturated rings. The van der Waals surface area contributed by atoms with Gasteiger partial charge in [-0.25, -0.2) is 4.79 Å². The summed E-state index contributed by atoms with van der Waals surface area (Å²) < 4.78 is 0. The predicted octanol–water partition coefficient (Wildman–Crippen LogP) is 4.22. The summed E-state index contributed by atoms with van der Waals surface area (Å²) in [5.74, 6) is -0.262. The van der Waals surface area contributed by atoms with Crippen LogP contribution in [0.25, 0.3) is 0 Å². The van der Waals surface area contributed by atoms with E-state index >= 15 is 0 Å². The van der Waals surface area contributed by atoms with Gasteiger partial charge in [-0.2, -0.15) is 0 Å². The minimum Gasteiger partial charge on any atom is -0.327 e. The van der Waals surface area contributed by atoms with Crippen molar-refractivity contribution in [3.05, 3.63) is 75.4 Å². The lowest BCUT2D eigenvalue weighted by Gasteiger charge is -2.29. The number of aryl methyl sites for hydroxylation is 2. The smallest absolute Gasteiger partial charge is 0.319 e. The maximum absolute atomic E-state index is 13.0. The number of hydrogen-bond acceptors (Lipinski definition) is 2. The van der Waals surface area contributed by atoms with E-state index < -0.39 is 6.04 Å². The molecule has 5 nitrogen and oxygen atoms in total. The zero-order valence-electron chi connectivity index (χ0n) is 14.8. The molecular weight excluding hydrogens is 350 g/mol. The van der Waals surface area contributed by atoms with Crippen molar-refractivity contribution >= 4 is 29.2 Å². The number of allylic oxidation sites excluding steroid dienone is 1. The average Bonchev–Trinajstić information content (AvgIpc) is 2.57. The lowest BCUT2D eigenvalue weighted by molar-refractivity contribution is -0.113. The Bertz CT molecular complexity index is 904. The van der Waals surface area contributed by atoms with Crippen molar-refractivity contribution in [1.29, 1.82) is 0 Å². The fourth-order valence-corrected chi connectivity index (χ4v) is 3.17. The average molecular weight is 370 g/mol. The Labute approximate surface area is 157 Å². The molecule has 1 aliphatic rings.